The fourth-order valence-corrected chi connectivity index (χ4v) is 5.70. The molecule has 0 saturated carbocycles. The van der Waals surface area contributed by atoms with E-state index in [0.29, 0.717) is 43.4 Å². The number of halogens is 2. The molecule has 0 aliphatic carbocycles. The van der Waals surface area contributed by atoms with Gasteiger partial charge in [0.25, 0.3) is 10.0 Å². The summed E-state index contributed by atoms with van der Waals surface area (Å²) in [6.45, 7) is 5.61. The van der Waals surface area contributed by atoms with Gasteiger partial charge in [-0.1, -0.05) is 43.1 Å². The lowest BCUT2D eigenvalue weighted by Gasteiger charge is -2.27. The summed E-state index contributed by atoms with van der Waals surface area (Å²) in [6.07, 6.45) is 1.36. The minimum absolute atomic E-state index is 0.117. The van der Waals surface area contributed by atoms with Crippen LogP contribution >= 0.6 is 11.6 Å². The summed E-state index contributed by atoms with van der Waals surface area (Å²) >= 11 is 6.17. The molecule has 0 radical (unpaired) electrons. The SMILES string of the molecule is CCCCN(c1cc(F)c(Cl)cc1-c1nnc(CN2CCOCC2)n1C)S(=O)(=O)c1ccccc1. The van der Waals surface area contributed by atoms with Crippen molar-refractivity contribution in [3.63, 3.8) is 0 Å². The molecule has 11 heteroatoms. The summed E-state index contributed by atoms with van der Waals surface area (Å²) in [5.74, 6) is 0.417. The van der Waals surface area contributed by atoms with Crippen LogP contribution in [0.3, 0.4) is 0 Å². The summed E-state index contributed by atoms with van der Waals surface area (Å²) in [6, 6.07) is 10.7. The lowest BCUT2D eigenvalue weighted by atomic mass is 10.1. The van der Waals surface area contributed by atoms with E-state index in [9.17, 15) is 12.8 Å². The van der Waals surface area contributed by atoms with E-state index < -0.39 is 15.8 Å². The maximum absolute atomic E-state index is 14.7. The van der Waals surface area contributed by atoms with E-state index in [0.717, 1.165) is 19.5 Å². The van der Waals surface area contributed by atoms with Crippen LogP contribution in [0.2, 0.25) is 5.02 Å². The molecular weight excluding hydrogens is 493 g/mol. The number of benzene rings is 2. The average Bonchev–Trinajstić information content (AvgIpc) is 3.22. The lowest BCUT2D eigenvalue weighted by Crippen LogP contribution is -2.36. The molecule has 1 saturated heterocycles. The zero-order valence-electron chi connectivity index (χ0n) is 19.8. The van der Waals surface area contributed by atoms with Crippen LogP contribution in [0, 0.1) is 5.82 Å². The summed E-state index contributed by atoms with van der Waals surface area (Å²) in [5, 5.41) is 8.58. The van der Waals surface area contributed by atoms with E-state index in [4.69, 9.17) is 16.3 Å². The zero-order chi connectivity index (χ0) is 25.0. The molecule has 2 aromatic carbocycles. The largest absolute Gasteiger partial charge is 0.379 e. The predicted molar refractivity (Wildman–Crippen MR) is 133 cm³/mol. The van der Waals surface area contributed by atoms with Gasteiger partial charge in [0.05, 0.1) is 35.4 Å². The monoisotopic (exact) mass is 521 g/mol. The van der Waals surface area contributed by atoms with Crippen molar-refractivity contribution in [3.8, 4) is 11.4 Å². The number of nitrogens with zero attached hydrogens (tertiary/aromatic N) is 5. The van der Waals surface area contributed by atoms with Crippen molar-refractivity contribution in [3.05, 3.63) is 59.1 Å². The van der Waals surface area contributed by atoms with E-state index in [1.807, 2.05) is 14.0 Å². The Kier molecular flexibility index (Phi) is 8.05. The number of unbranched alkanes of at least 4 members (excludes halogenated alkanes) is 1. The summed E-state index contributed by atoms with van der Waals surface area (Å²) < 4.78 is 50.6. The maximum atomic E-state index is 14.7. The third-order valence-corrected chi connectivity index (χ3v) is 8.15. The number of morpholine rings is 1. The van der Waals surface area contributed by atoms with Gasteiger partial charge in [0, 0.05) is 38.3 Å². The van der Waals surface area contributed by atoms with Crippen molar-refractivity contribution in [2.24, 2.45) is 7.05 Å². The lowest BCUT2D eigenvalue weighted by molar-refractivity contribution is 0.0326. The van der Waals surface area contributed by atoms with Crippen LogP contribution < -0.4 is 4.31 Å². The Morgan fingerprint density at radius 2 is 1.86 bits per heavy atom. The van der Waals surface area contributed by atoms with Crippen LogP contribution in [-0.4, -0.2) is 60.9 Å². The Bertz CT molecular complexity index is 1260. The quantitative estimate of drug-likeness (QED) is 0.422. The molecule has 0 amide bonds. The second-order valence-corrected chi connectivity index (χ2v) is 10.7. The second-order valence-electron chi connectivity index (χ2n) is 8.41. The van der Waals surface area contributed by atoms with E-state index >= 15 is 0 Å². The number of anilines is 1. The number of rotatable bonds is 9. The summed E-state index contributed by atoms with van der Waals surface area (Å²) in [4.78, 5) is 2.34. The fourth-order valence-electron chi connectivity index (χ4n) is 4.01. The fraction of sp³-hybridized carbons (Fsp3) is 0.417. The molecule has 3 aromatic rings. The Morgan fingerprint density at radius 1 is 1.14 bits per heavy atom. The van der Waals surface area contributed by atoms with Gasteiger partial charge < -0.3 is 9.30 Å². The molecule has 1 aliphatic rings. The predicted octanol–water partition coefficient (Wildman–Crippen LogP) is 4.10. The Labute approximate surface area is 210 Å². The molecule has 1 aliphatic heterocycles. The van der Waals surface area contributed by atoms with Gasteiger partial charge >= 0.3 is 0 Å². The van der Waals surface area contributed by atoms with Crippen molar-refractivity contribution in [2.75, 3.05) is 37.2 Å². The molecule has 1 aromatic heterocycles. The Balaban J connectivity index is 1.80. The molecule has 0 bridgehead atoms. The third-order valence-electron chi connectivity index (χ3n) is 6.03. The first kappa shape index (κ1) is 25.6. The van der Waals surface area contributed by atoms with Crippen molar-refractivity contribution >= 4 is 27.3 Å². The standard InChI is InChI=1S/C24H29ClFN5O3S/c1-3-4-10-31(35(32,33)18-8-6-5-7-9-18)22-16-21(26)20(25)15-19(22)24-28-27-23(29(24)2)17-30-11-13-34-14-12-30/h5-9,15-16H,3-4,10-14,17H2,1-2H3. The first-order chi connectivity index (χ1) is 16.8. The van der Waals surface area contributed by atoms with Gasteiger partial charge in [-0.25, -0.2) is 12.8 Å². The average molecular weight is 522 g/mol. The van der Waals surface area contributed by atoms with Crippen LogP contribution in [0.25, 0.3) is 11.4 Å². The van der Waals surface area contributed by atoms with Crippen molar-refractivity contribution in [1.29, 1.82) is 0 Å². The van der Waals surface area contributed by atoms with E-state index in [2.05, 4.69) is 15.1 Å². The van der Waals surface area contributed by atoms with E-state index in [1.165, 1.54) is 28.6 Å². The second kappa shape index (κ2) is 11.0. The van der Waals surface area contributed by atoms with Gasteiger partial charge in [-0.3, -0.25) is 9.21 Å². The maximum Gasteiger partial charge on any atom is 0.264 e. The molecule has 4 rings (SSSR count). The Hall–Kier alpha value is -2.53. The number of sulfonamides is 1. The highest BCUT2D eigenvalue weighted by atomic mass is 35.5. The van der Waals surface area contributed by atoms with Crippen LogP contribution in [0.1, 0.15) is 25.6 Å². The van der Waals surface area contributed by atoms with Crippen LogP contribution in [0.4, 0.5) is 10.1 Å². The van der Waals surface area contributed by atoms with E-state index in [-0.39, 0.29) is 22.2 Å². The molecule has 0 atom stereocenters. The molecule has 1 fully saturated rings. The van der Waals surface area contributed by atoms with Crippen LogP contribution in [-0.2, 0) is 28.4 Å². The minimum Gasteiger partial charge on any atom is -0.379 e. The first-order valence-electron chi connectivity index (χ1n) is 11.6. The van der Waals surface area contributed by atoms with Crippen LogP contribution in [0.15, 0.2) is 47.4 Å². The molecule has 8 nitrogen and oxygen atoms in total. The first-order valence-corrected chi connectivity index (χ1v) is 13.4. The van der Waals surface area contributed by atoms with Crippen LogP contribution in [0.5, 0.6) is 0 Å². The number of hydrogen-bond acceptors (Lipinski definition) is 6. The van der Waals surface area contributed by atoms with Gasteiger partial charge in [0.1, 0.15) is 11.6 Å². The molecule has 2 heterocycles. The smallest absolute Gasteiger partial charge is 0.264 e. The number of aromatic nitrogens is 3. The highest BCUT2D eigenvalue weighted by Crippen LogP contribution is 2.37. The third kappa shape index (κ3) is 5.50. The molecule has 0 N–H and O–H groups in total. The molecule has 188 valence electrons. The van der Waals surface area contributed by atoms with Crippen molar-refractivity contribution in [1.82, 2.24) is 19.7 Å². The summed E-state index contributed by atoms with van der Waals surface area (Å²) in [5.41, 5.74) is 0.577. The van der Waals surface area contributed by atoms with Gasteiger partial charge in [-0.15, -0.1) is 10.2 Å². The van der Waals surface area contributed by atoms with Crippen molar-refractivity contribution < 1.29 is 17.5 Å². The molecule has 0 spiro atoms. The molecule has 0 unspecified atom stereocenters. The molecular formula is C24H29ClFN5O3S. The zero-order valence-corrected chi connectivity index (χ0v) is 21.4. The van der Waals surface area contributed by atoms with Gasteiger partial charge in [-0.2, -0.15) is 0 Å². The van der Waals surface area contributed by atoms with E-state index in [1.54, 1.807) is 22.8 Å². The Morgan fingerprint density at radius 3 is 2.54 bits per heavy atom. The van der Waals surface area contributed by atoms with Gasteiger partial charge in [0.2, 0.25) is 0 Å². The highest BCUT2D eigenvalue weighted by Gasteiger charge is 2.29. The number of ether oxygens (including phenoxy) is 1. The minimum atomic E-state index is -3.97. The van der Waals surface area contributed by atoms with Gasteiger partial charge in [0.15, 0.2) is 5.82 Å². The molecule has 35 heavy (non-hydrogen) atoms. The number of hydrogen-bond donors (Lipinski definition) is 0. The topological polar surface area (TPSA) is 80.6 Å². The van der Waals surface area contributed by atoms with Crippen molar-refractivity contribution in [2.45, 2.75) is 31.2 Å². The summed E-state index contributed by atoms with van der Waals surface area (Å²) in [7, 11) is -2.16. The highest BCUT2D eigenvalue weighted by molar-refractivity contribution is 7.92. The normalized spacial score (nSPS) is 14.9. The van der Waals surface area contributed by atoms with Gasteiger partial charge in [-0.05, 0) is 24.6 Å².